The topological polar surface area (TPSA) is 60.7 Å². The lowest BCUT2D eigenvalue weighted by Gasteiger charge is -2.10. The highest BCUT2D eigenvalue weighted by atomic mass is 16.5. The molecule has 0 fully saturated rings. The molecule has 0 unspecified atom stereocenters. The summed E-state index contributed by atoms with van der Waals surface area (Å²) in [5.41, 5.74) is 3.13. The SMILES string of the molecule is COc1ccc2c(c1)c(CCC(=O)O)cn2Cc1ccccc1OC. The molecular weight excluding hydrogens is 318 g/mol. The third-order valence-electron chi connectivity index (χ3n) is 4.31. The number of aryl methyl sites for hydroxylation is 1. The number of rotatable bonds is 7. The lowest BCUT2D eigenvalue weighted by Crippen LogP contribution is -2.00. The number of nitrogens with zero attached hydrogens (tertiary/aromatic N) is 1. The van der Waals surface area contributed by atoms with Crippen LogP contribution in [-0.2, 0) is 17.8 Å². The van der Waals surface area contributed by atoms with Crippen LogP contribution >= 0.6 is 0 Å². The molecule has 1 aromatic heterocycles. The number of carboxylic acids is 1. The fourth-order valence-corrected chi connectivity index (χ4v) is 3.07. The smallest absolute Gasteiger partial charge is 0.303 e. The highest BCUT2D eigenvalue weighted by Crippen LogP contribution is 2.29. The molecule has 3 aromatic rings. The summed E-state index contributed by atoms with van der Waals surface area (Å²) < 4.78 is 12.9. The molecule has 25 heavy (non-hydrogen) atoms. The van der Waals surface area contributed by atoms with E-state index in [0.29, 0.717) is 13.0 Å². The van der Waals surface area contributed by atoms with E-state index in [0.717, 1.165) is 33.5 Å². The number of para-hydroxylation sites is 1. The van der Waals surface area contributed by atoms with Crippen molar-refractivity contribution in [1.29, 1.82) is 0 Å². The molecule has 1 N–H and O–H groups in total. The molecule has 0 amide bonds. The number of hydrogen-bond donors (Lipinski definition) is 1. The van der Waals surface area contributed by atoms with Crippen LogP contribution in [0.3, 0.4) is 0 Å². The van der Waals surface area contributed by atoms with E-state index >= 15 is 0 Å². The minimum Gasteiger partial charge on any atom is -0.497 e. The van der Waals surface area contributed by atoms with Gasteiger partial charge in [-0.15, -0.1) is 0 Å². The van der Waals surface area contributed by atoms with Gasteiger partial charge in [0.2, 0.25) is 0 Å². The van der Waals surface area contributed by atoms with Crippen molar-refractivity contribution >= 4 is 16.9 Å². The van der Waals surface area contributed by atoms with E-state index < -0.39 is 5.97 Å². The fourth-order valence-electron chi connectivity index (χ4n) is 3.07. The highest BCUT2D eigenvalue weighted by Gasteiger charge is 2.13. The summed E-state index contributed by atoms with van der Waals surface area (Å²) in [5, 5.41) is 10.0. The van der Waals surface area contributed by atoms with Gasteiger partial charge in [-0.1, -0.05) is 18.2 Å². The Bertz CT molecular complexity index is 898. The second-order valence-corrected chi connectivity index (χ2v) is 5.87. The Kier molecular flexibility index (Phi) is 4.93. The van der Waals surface area contributed by atoms with Crippen molar-refractivity contribution in [1.82, 2.24) is 4.57 Å². The normalized spacial score (nSPS) is 10.8. The van der Waals surface area contributed by atoms with Gasteiger partial charge in [0.05, 0.1) is 20.8 Å². The number of aliphatic carboxylic acids is 1. The molecule has 0 aliphatic carbocycles. The van der Waals surface area contributed by atoms with Crippen molar-refractivity contribution < 1.29 is 19.4 Å². The van der Waals surface area contributed by atoms with Crippen LogP contribution in [0.25, 0.3) is 10.9 Å². The summed E-state index contributed by atoms with van der Waals surface area (Å²) in [6.07, 6.45) is 2.61. The third-order valence-corrected chi connectivity index (χ3v) is 4.31. The van der Waals surface area contributed by atoms with E-state index in [-0.39, 0.29) is 6.42 Å². The number of carboxylic acid groups (broad SMARTS) is 1. The number of aromatic nitrogens is 1. The molecule has 0 bridgehead atoms. The van der Waals surface area contributed by atoms with E-state index in [4.69, 9.17) is 14.6 Å². The third kappa shape index (κ3) is 3.60. The Morgan fingerprint density at radius 3 is 2.60 bits per heavy atom. The maximum Gasteiger partial charge on any atom is 0.303 e. The summed E-state index contributed by atoms with van der Waals surface area (Å²) in [7, 11) is 3.29. The van der Waals surface area contributed by atoms with Crippen LogP contribution in [0.1, 0.15) is 17.5 Å². The minimum atomic E-state index is -0.798. The van der Waals surface area contributed by atoms with Gasteiger partial charge in [0.25, 0.3) is 0 Å². The lowest BCUT2D eigenvalue weighted by atomic mass is 10.1. The molecule has 130 valence electrons. The minimum absolute atomic E-state index is 0.102. The standard InChI is InChI=1S/C20H21NO4/c1-24-16-8-9-18-17(11-16)14(7-10-20(22)23)12-21(18)13-15-5-3-4-6-19(15)25-2/h3-6,8-9,11-12H,7,10,13H2,1-2H3,(H,22,23). The van der Waals surface area contributed by atoms with Crippen molar-refractivity contribution in [2.45, 2.75) is 19.4 Å². The largest absolute Gasteiger partial charge is 0.497 e. The highest BCUT2D eigenvalue weighted by molar-refractivity contribution is 5.86. The van der Waals surface area contributed by atoms with Gasteiger partial charge in [0, 0.05) is 29.1 Å². The Morgan fingerprint density at radius 1 is 1.08 bits per heavy atom. The molecular formula is C20H21NO4. The molecule has 0 radical (unpaired) electrons. The van der Waals surface area contributed by atoms with Gasteiger partial charge in [-0.3, -0.25) is 4.79 Å². The predicted molar refractivity (Wildman–Crippen MR) is 96.5 cm³/mol. The number of benzene rings is 2. The quantitative estimate of drug-likeness (QED) is 0.712. The van der Waals surface area contributed by atoms with Crippen molar-refractivity contribution in [2.75, 3.05) is 14.2 Å². The zero-order valence-electron chi connectivity index (χ0n) is 14.4. The van der Waals surface area contributed by atoms with Gasteiger partial charge >= 0.3 is 5.97 Å². The maximum absolute atomic E-state index is 11.0. The van der Waals surface area contributed by atoms with Crippen molar-refractivity contribution in [3.63, 3.8) is 0 Å². The number of hydrogen-bond acceptors (Lipinski definition) is 3. The van der Waals surface area contributed by atoms with Gasteiger partial charge in [-0.2, -0.15) is 0 Å². The first-order valence-corrected chi connectivity index (χ1v) is 8.12. The monoisotopic (exact) mass is 339 g/mol. The van der Waals surface area contributed by atoms with E-state index in [2.05, 4.69) is 4.57 Å². The molecule has 5 nitrogen and oxygen atoms in total. The van der Waals surface area contributed by atoms with Gasteiger partial charge < -0.3 is 19.1 Å². The van der Waals surface area contributed by atoms with Gasteiger partial charge in [0.15, 0.2) is 0 Å². The van der Waals surface area contributed by atoms with Crippen LogP contribution in [0.15, 0.2) is 48.7 Å². The Balaban J connectivity index is 2.03. The van der Waals surface area contributed by atoms with Crippen LogP contribution in [0.2, 0.25) is 0 Å². The fraction of sp³-hybridized carbons (Fsp3) is 0.250. The first-order chi connectivity index (χ1) is 12.1. The van der Waals surface area contributed by atoms with Crippen LogP contribution in [0.5, 0.6) is 11.5 Å². The summed E-state index contributed by atoms with van der Waals surface area (Å²) in [5.74, 6) is 0.803. The molecule has 0 aliphatic rings. The zero-order valence-corrected chi connectivity index (χ0v) is 14.4. The number of methoxy groups -OCH3 is 2. The maximum atomic E-state index is 11.0. The summed E-state index contributed by atoms with van der Waals surface area (Å²) in [6, 6.07) is 13.8. The summed E-state index contributed by atoms with van der Waals surface area (Å²) in [6.45, 7) is 0.653. The summed E-state index contributed by atoms with van der Waals surface area (Å²) in [4.78, 5) is 11.0. The van der Waals surface area contributed by atoms with Crippen LogP contribution in [-0.4, -0.2) is 29.9 Å². The Morgan fingerprint density at radius 2 is 1.88 bits per heavy atom. The Labute approximate surface area is 146 Å². The first kappa shape index (κ1) is 16.9. The Hall–Kier alpha value is -2.95. The van der Waals surface area contributed by atoms with Crippen molar-refractivity contribution in [2.24, 2.45) is 0 Å². The number of ether oxygens (including phenoxy) is 2. The molecule has 0 atom stereocenters. The molecule has 3 rings (SSSR count). The van der Waals surface area contributed by atoms with E-state index in [9.17, 15) is 4.79 Å². The number of carbonyl (C=O) groups is 1. The molecule has 0 saturated heterocycles. The first-order valence-electron chi connectivity index (χ1n) is 8.12. The van der Waals surface area contributed by atoms with Crippen molar-refractivity contribution in [3.8, 4) is 11.5 Å². The van der Waals surface area contributed by atoms with Gasteiger partial charge in [-0.05, 0) is 36.2 Å². The predicted octanol–water partition coefficient (Wildman–Crippen LogP) is 3.72. The van der Waals surface area contributed by atoms with Gasteiger partial charge in [0.1, 0.15) is 11.5 Å². The molecule has 0 saturated carbocycles. The molecule has 5 heteroatoms. The van der Waals surface area contributed by atoms with Crippen LogP contribution in [0, 0.1) is 0 Å². The average molecular weight is 339 g/mol. The second kappa shape index (κ2) is 7.30. The zero-order chi connectivity index (χ0) is 17.8. The summed E-state index contributed by atoms with van der Waals surface area (Å²) >= 11 is 0. The average Bonchev–Trinajstić information content (AvgIpc) is 2.97. The van der Waals surface area contributed by atoms with Crippen LogP contribution in [0.4, 0.5) is 0 Å². The van der Waals surface area contributed by atoms with Gasteiger partial charge in [-0.25, -0.2) is 0 Å². The molecule has 2 aromatic carbocycles. The van der Waals surface area contributed by atoms with Crippen LogP contribution < -0.4 is 9.47 Å². The lowest BCUT2D eigenvalue weighted by molar-refractivity contribution is -0.136. The van der Waals surface area contributed by atoms with Crippen molar-refractivity contribution in [3.05, 3.63) is 59.8 Å². The molecule has 1 heterocycles. The molecule has 0 aliphatic heterocycles. The van der Waals surface area contributed by atoms with E-state index in [1.807, 2.05) is 48.7 Å². The second-order valence-electron chi connectivity index (χ2n) is 5.87. The van der Waals surface area contributed by atoms with E-state index in [1.165, 1.54) is 0 Å². The van der Waals surface area contributed by atoms with E-state index in [1.54, 1.807) is 14.2 Å². The molecule has 0 spiro atoms. The number of fused-ring (bicyclic) bond motifs is 1.